The van der Waals surface area contributed by atoms with E-state index in [1.54, 1.807) is 13.2 Å². The Morgan fingerprint density at radius 1 is 1.22 bits per heavy atom. The second-order valence-corrected chi connectivity index (χ2v) is 7.74. The van der Waals surface area contributed by atoms with Gasteiger partial charge in [-0.2, -0.15) is 0 Å². The second kappa shape index (κ2) is 10.4. The summed E-state index contributed by atoms with van der Waals surface area (Å²) in [4.78, 5) is 7.39. The van der Waals surface area contributed by atoms with Crippen LogP contribution in [0.5, 0.6) is 11.5 Å². The number of ether oxygens (including phenoxy) is 1. The summed E-state index contributed by atoms with van der Waals surface area (Å²) >= 11 is 0. The third-order valence-corrected chi connectivity index (χ3v) is 5.13. The van der Waals surface area contributed by atoms with Gasteiger partial charge in [0.05, 0.1) is 13.7 Å². The fourth-order valence-electron chi connectivity index (χ4n) is 3.42. The summed E-state index contributed by atoms with van der Waals surface area (Å²) in [5.74, 6) is 1.54. The Balaban J connectivity index is 1.89. The lowest BCUT2D eigenvalue weighted by Gasteiger charge is -2.40. The Kier molecular flexibility index (Phi) is 8.23. The first-order valence-corrected chi connectivity index (χ1v) is 10.1. The molecule has 27 heavy (non-hydrogen) atoms. The zero-order valence-electron chi connectivity index (χ0n) is 17.3. The first kappa shape index (κ1) is 21.4. The molecule has 152 valence electrons. The quantitative estimate of drug-likeness (QED) is 0.481. The van der Waals surface area contributed by atoms with Crippen LogP contribution in [-0.2, 0) is 6.42 Å². The molecule has 0 bridgehead atoms. The topological polar surface area (TPSA) is 69.1 Å². The molecule has 0 spiro atoms. The third kappa shape index (κ3) is 6.61. The molecule has 0 atom stereocenters. The standard InChI is InChI=1S/C21H36N4O2/c1-5-22-20(24-16-21(2,3)25-13-7-6-8-14-25)23-12-11-17-9-10-18(26)19(15-17)27-4/h9-10,15,26H,5-8,11-14,16H2,1-4H3,(H2,22,23,24). The molecule has 6 nitrogen and oxygen atoms in total. The molecule has 1 aromatic carbocycles. The zero-order chi connectivity index (χ0) is 19.7. The average molecular weight is 377 g/mol. The van der Waals surface area contributed by atoms with Crippen LogP contribution in [0.4, 0.5) is 0 Å². The van der Waals surface area contributed by atoms with Gasteiger partial charge >= 0.3 is 0 Å². The summed E-state index contributed by atoms with van der Waals surface area (Å²) in [5.41, 5.74) is 1.19. The third-order valence-electron chi connectivity index (χ3n) is 5.13. The summed E-state index contributed by atoms with van der Waals surface area (Å²) in [6, 6.07) is 5.47. The lowest BCUT2D eigenvalue weighted by molar-refractivity contribution is 0.102. The summed E-state index contributed by atoms with van der Waals surface area (Å²) in [5, 5.41) is 16.4. The highest BCUT2D eigenvalue weighted by atomic mass is 16.5. The molecule has 0 aliphatic carbocycles. The van der Waals surface area contributed by atoms with Crippen molar-refractivity contribution in [3.8, 4) is 11.5 Å². The normalized spacial score (nSPS) is 16.2. The Hall–Kier alpha value is -1.95. The molecular formula is C21H36N4O2. The van der Waals surface area contributed by atoms with Gasteiger partial charge in [-0.25, -0.2) is 0 Å². The molecule has 0 aromatic heterocycles. The second-order valence-electron chi connectivity index (χ2n) is 7.74. The molecule has 1 aliphatic heterocycles. The number of rotatable bonds is 8. The first-order valence-electron chi connectivity index (χ1n) is 10.1. The van der Waals surface area contributed by atoms with Gasteiger partial charge in [-0.1, -0.05) is 12.5 Å². The van der Waals surface area contributed by atoms with E-state index in [1.165, 1.54) is 32.4 Å². The van der Waals surface area contributed by atoms with Crippen molar-refractivity contribution in [1.82, 2.24) is 15.5 Å². The molecule has 3 N–H and O–H groups in total. The van der Waals surface area contributed by atoms with E-state index in [9.17, 15) is 5.11 Å². The van der Waals surface area contributed by atoms with Crippen molar-refractivity contribution >= 4 is 5.96 Å². The Morgan fingerprint density at radius 3 is 2.63 bits per heavy atom. The van der Waals surface area contributed by atoms with Gasteiger partial charge in [0.15, 0.2) is 17.5 Å². The predicted molar refractivity (Wildman–Crippen MR) is 112 cm³/mol. The van der Waals surface area contributed by atoms with Crippen molar-refractivity contribution in [2.75, 3.05) is 39.8 Å². The number of guanidine groups is 1. The summed E-state index contributed by atoms with van der Waals surface area (Å²) < 4.78 is 5.17. The number of phenols is 1. The molecule has 1 saturated heterocycles. The van der Waals surface area contributed by atoms with Crippen molar-refractivity contribution in [2.45, 2.75) is 52.0 Å². The van der Waals surface area contributed by atoms with Crippen LogP contribution >= 0.6 is 0 Å². The van der Waals surface area contributed by atoms with Crippen molar-refractivity contribution in [2.24, 2.45) is 4.99 Å². The molecule has 0 saturated carbocycles. The highest BCUT2D eigenvalue weighted by Crippen LogP contribution is 2.26. The van der Waals surface area contributed by atoms with Crippen molar-refractivity contribution in [1.29, 1.82) is 0 Å². The van der Waals surface area contributed by atoms with E-state index in [0.29, 0.717) is 5.75 Å². The number of likely N-dealkylation sites (tertiary alicyclic amines) is 1. The minimum atomic E-state index is 0.0765. The fraction of sp³-hybridized carbons (Fsp3) is 0.667. The molecule has 1 aromatic rings. The SMILES string of the molecule is CCNC(=NCC(C)(C)N1CCCCC1)NCCc1ccc(O)c(OC)c1. The number of piperidine rings is 1. The summed E-state index contributed by atoms with van der Waals surface area (Å²) in [6.07, 6.45) is 4.77. The van der Waals surface area contributed by atoms with Crippen LogP contribution in [0.2, 0.25) is 0 Å². The van der Waals surface area contributed by atoms with Crippen molar-refractivity contribution < 1.29 is 9.84 Å². The van der Waals surface area contributed by atoms with Gasteiger partial charge in [-0.15, -0.1) is 0 Å². The number of benzene rings is 1. The van der Waals surface area contributed by atoms with Crippen LogP contribution in [0.25, 0.3) is 0 Å². The number of nitrogens with zero attached hydrogens (tertiary/aromatic N) is 2. The van der Waals surface area contributed by atoms with E-state index in [1.807, 2.05) is 12.1 Å². The maximum atomic E-state index is 9.70. The molecule has 1 heterocycles. The Morgan fingerprint density at radius 2 is 1.96 bits per heavy atom. The number of phenolic OH excluding ortho intramolecular Hbond substituents is 1. The van der Waals surface area contributed by atoms with E-state index in [-0.39, 0.29) is 11.3 Å². The van der Waals surface area contributed by atoms with E-state index < -0.39 is 0 Å². The number of methoxy groups -OCH3 is 1. The maximum absolute atomic E-state index is 9.70. The van der Waals surface area contributed by atoms with Gasteiger partial charge in [-0.05, 0) is 70.8 Å². The molecule has 6 heteroatoms. The zero-order valence-corrected chi connectivity index (χ0v) is 17.3. The van der Waals surface area contributed by atoms with Crippen LogP contribution in [-0.4, -0.2) is 61.3 Å². The van der Waals surface area contributed by atoms with Crippen molar-refractivity contribution in [3.63, 3.8) is 0 Å². The number of nitrogens with one attached hydrogen (secondary N) is 2. The minimum Gasteiger partial charge on any atom is -0.504 e. The highest BCUT2D eigenvalue weighted by Gasteiger charge is 2.27. The highest BCUT2D eigenvalue weighted by molar-refractivity contribution is 5.79. The summed E-state index contributed by atoms with van der Waals surface area (Å²) in [6.45, 7) is 11.4. The van der Waals surface area contributed by atoms with Gasteiger partial charge in [0, 0.05) is 18.6 Å². The Bertz CT molecular complexity index is 610. The van der Waals surface area contributed by atoms with E-state index >= 15 is 0 Å². The fourth-order valence-corrected chi connectivity index (χ4v) is 3.42. The van der Waals surface area contributed by atoms with Crippen LogP contribution in [0.3, 0.4) is 0 Å². The molecule has 0 radical (unpaired) electrons. The van der Waals surface area contributed by atoms with Crippen molar-refractivity contribution in [3.05, 3.63) is 23.8 Å². The molecule has 0 unspecified atom stereocenters. The molecule has 2 rings (SSSR count). The molecular weight excluding hydrogens is 340 g/mol. The maximum Gasteiger partial charge on any atom is 0.191 e. The van der Waals surface area contributed by atoms with E-state index in [0.717, 1.165) is 37.6 Å². The first-order chi connectivity index (χ1) is 13.0. The monoisotopic (exact) mass is 376 g/mol. The number of hydrogen-bond acceptors (Lipinski definition) is 4. The van der Waals surface area contributed by atoms with Crippen LogP contribution < -0.4 is 15.4 Å². The van der Waals surface area contributed by atoms with E-state index in [4.69, 9.17) is 9.73 Å². The van der Waals surface area contributed by atoms with Gasteiger partial charge in [-0.3, -0.25) is 9.89 Å². The summed E-state index contributed by atoms with van der Waals surface area (Å²) in [7, 11) is 1.57. The average Bonchev–Trinajstić information content (AvgIpc) is 2.68. The molecule has 1 aliphatic rings. The van der Waals surface area contributed by atoms with Gasteiger partial charge in [0.25, 0.3) is 0 Å². The van der Waals surface area contributed by atoms with Crippen LogP contribution in [0.1, 0.15) is 45.6 Å². The molecule has 1 fully saturated rings. The number of hydrogen-bond donors (Lipinski definition) is 3. The largest absolute Gasteiger partial charge is 0.504 e. The van der Waals surface area contributed by atoms with Gasteiger partial charge in [0.2, 0.25) is 0 Å². The Labute approximate surface area is 164 Å². The van der Waals surface area contributed by atoms with Crippen LogP contribution in [0.15, 0.2) is 23.2 Å². The smallest absolute Gasteiger partial charge is 0.191 e. The predicted octanol–water partition coefficient (Wildman–Crippen LogP) is 2.76. The minimum absolute atomic E-state index is 0.0765. The van der Waals surface area contributed by atoms with Gasteiger partial charge < -0.3 is 20.5 Å². The van der Waals surface area contributed by atoms with E-state index in [2.05, 4.69) is 36.3 Å². The lowest BCUT2D eigenvalue weighted by atomic mass is 9.99. The lowest BCUT2D eigenvalue weighted by Crippen LogP contribution is -2.49. The van der Waals surface area contributed by atoms with Gasteiger partial charge in [0.1, 0.15) is 0 Å². The number of aliphatic imine (C=N–C) groups is 1. The van der Waals surface area contributed by atoms with Crippen LogP contribution in [0, 0.1) is 0 Å². The number of aromatic hydroxyl groups is 1. The molecule has 0 amide bonds.